The number of nitrogens with zero attached hydrogens (tertiary/aromatic N) is 1. The van der Waals surface area contributed by atoms with Gasteiger partial charge in [-0.3, -0.25) is 0 Å². The van der Waals surface area contributed by atoms with Crippen LogP contribution < -0.4 is 5.32 Å². The fraction of sp³-hybridized carbons (Fsp3) is 0.217. The number of aliphatic hydroxyl groups excluding tert-OH is 1. The van der Waals surface area contributed by atoms with E-state index < -0.39 is 34.2 Å². The first-order chi connectivity index (χ1) is 15.8. The number of hydrogen-bond donors (Lipinski definition) is 2. The van der Waals surface area contributed by atoms with Gasteiger partial charge in [-0.25, -0.2) is 22.0 Å². The van der Waals surface area contributed by atoms with Gasteiger partial charge in [0.1, 0.15) is 12.7 Å². The minimum absolute atomic E-state index is 0.0200. The lowest BCUT2D eigenvalue weighted by molar-refractivity contribution is -0.148. The third-order valence-electron chi connectivity index (χ3n) is 4.69. The van der Waals surface area contributed by atoms with E-state index in [1.54, 1.807) is 49.4 Å². The highest BCUT2D eigenvalue weighted by Gasteiger charge is 2.33. The topological polar surface area (TPSA) is 124 Å². The highest BCUT2D eigenvalue weighted by atomic mass is 32.2. The molecule has 9 nitrogen and oxygen atoms in total. The van der Waals surface area contributed by atoms with E-state index in [1.165, 1.54) is 30.6 Å². The molecule has 2 unspecified atom stereocenters. The summed E-state index contributed by atoms with van der Waals surface area (Å²) in [5.74, 6) is -0.889. The number of carbonyl (C=O) groups excluding carboxylic acids is 2. The summed E-state index contributed by atoms with van der Waals surface area (Å²) in [6, 6.07) is 16.5. The van der Waals surface area contributed by atoms with Crippen LogP contribution in [-0.4, -0.2) is 42.2 Å². The molecule has 33 heavy (non-hydrogen) atoms. The maximum atomic E-state index is 12.8. The normalized spacial score (nSPS) is 13.0. The predicted octanol–water partition coefficient (Wildman–Crippen LogP) is 2.62. The van der Waals surface area contributed by atoms with Crippen molar-refractivity contribution in [3.05, 3.63) is 90.3 Å². The number of aliphatic hydroxyl groups is 1. The number of carbonyl (C=O) groups is 2. The zero-order chi connectivity index (χ0) is 23.8. The molecule has 0 radical (unpaired) electrons. The Labute approximate surface area is 191 Å². The average Bonchev–Trinajstić information content (AvgIpc) is 3.33. The molecule has 174 valence electrons. The van der Waals surface area contributed by atoms with Crippen LogP contribution in [0.2, 0.25) is 0 Å². The van der Waals surface area contributed by atoms with Crippen LogP contribution in [0, 0.1) is 0 Å². The second-order valence-electron chi connectivity index (χ2n) is 6.97. The number of rotatable bonds is 9. The number of esters is 1. The third kappa shape index (κ3) is 5.99. The number of hydrogen-bond acceptors (Lipinski definition) is 7. The monoisotopic (exact) mass is 472 g/mol. The second-order valence-corrected chi connectivity index (χ2v) is 8.82. The predicted molar refractivity (Wildman–Crippen MR) is 119 cm³/mol. The number of nitrogens with one attached hydrogen (secondary N) is 1. The lowest BCUT2D eigenvalue weighted by Gasteiger charge is -2.21. The molecule has 0 fully saturated rings. The van der Waals surface area contributed by atoms with Crippen molar-refractivity contribution in [2.75, 3.05) is 6.61 Å². The number of amides is 1. The number of benzene rings is 2. The summed E-state index contributed by atoms with van der Waals surface area (Å²) in [5, 5.41) is 13.1. The molecule has 0 spiro atoms. The van der Waals surface area contributed by atoms with E-state index in [4.69, 9.17) is 9.47 Å². The standard InChI is InChI=1S/C23H24N2O7S/c1-2-31-22(27)20(24-23(28)32-16-17-9-5-3-6-10-17)21(26)18-13-14-25(15-18)33(29,30)19-11-7-4-8-12-19/h3-15,20-21,26H,2,16H2,1H3,(H,24,28). The molecule has 0 bridgehead atoms. The molecule has 10 heteroatoms. The van der Waals surface area contributed by atoms with E-state index in [-0.39, 0.29) is 23.7 Å². The molecule has 1 aromatic heterocycles. The Morgan fingerprint density at radius 1 is 1.00 bits per heavy atom. The van der Waals surface area contributed by atoms with Gasteiger partial charge < -0.3 is 19.9 Å². The van der Waals surface area contributed by atoms with Gasteiger partial charge in [-0.1, -0.05) is 48.5 Å². The maximum Gasteiger partial charge on any atom is 0.408 e. The van der Waals surface area contributed by atoms with Crippen molar-refractivity contribution in [1.82, 2.24) is 9.29 Å². The minimum atomic E-state index is -3.89. The Kier molecular flexibility index (Phi) is 7.86. The van der Waals surface area contributed by atoms with Crippen molar-refractivity contribution >= 4 is 22.1 Å². The molecule has 0 aliphatic heterocycles. The molecule has 2 N–H and O–H groups in total. The molecule has 0 saturated carbocycles. The van der Waals surface area contributed by atoms with Crippen LogP contribution in [-0.2, 0) is 30.9 Å². The van der Waals surface area contributed by atoms with Gasteiger partial charge in [0.15, 0.2) is 6.04 Å². The highest BCUT2D eigenvalue weighted by Crippen LogP contribution is 2.22. The molecule has 0 saturated heterocycles. The molecule has 1 amide bonds. The largest absolute Gasteiger partial charge is 0.464 e. The van der Waals surface area contributed by atoms with Crippen molar-refractivity contribution in [2.45, 2.75) is 30.6 Å². The Morgan fingerprint density at radius 3 is 2.27 bits per heavy atom. The smallest absolute Gasteiger partial charge is 0.408 e. The van der Waals surface area contributed by atoms with Gasteiger partial charge in [-0.15, -0.1) is 0 Å². The first-order valence-electron chi connectivity index (χ1n) is 10.1. The Hall–Kier alpha value is -3.63. The molecule has 0 aliphatic rings. The average molecular weight is 473 g/mol. The first-order valence-corrected chi connectivity index (χ1v) is 11.6. The van der Waals surface area contributed by atoms with E-state index in [2.05, 4.69) is 5.32 Å². The van der Waals surface area contributed by atoms with Gasteiger partial charge in [-0.2, -0.15) is 0 Å². The molecular weight excluding hydrogens is 448 g/mol. The van der Waals surface area contributed by atoms with Gasteiger partial charge in [0, 0.05) is 18.0 Å². The maximum absolute atomic E-state index is 12.8. The van der Waals surface area contributed by atoms with Crippen LogP contribution in [0.3, 0.4) is 0 Å². The number of alkyl carbamates (subject to hydrolysis) is 1. The van der Waals surface area contributed by atoms with Gasteiger partial charge in [0.05, 0.1) is 11.5 Å². The van der Waals surface area contributed by atoms with E-state index in [0.717, 1.165) is 9.54 Å². The Bertz CT molecular complexity index is 1180. The molecule has 1 heterocycles. The quantitative estimate of drug-likeness (QED) is 0.459. The van der Waals surface area contributed by atoms with E-state index in [9.17, 15) is 23.1 Å². The second kappa shape index (κ2) is 10.8. The molecule has 2 aromatic carbocycles. The van der Waals surface area contributed by atoms with Gasteiger partial charge in [0.25, 0.3) is 10.0 Å². The van der Waals surface area contributed by atoms with Crippen molar-refractivity contribution < 1.29 is 32.6 Å². The van der Waals surface area contributed by atoms with Gasteiger partial charge in [0.2, 0.25) is 0 Å². The SMILES string of the molecule is CCOC(=O)C(NC(=O)OCc1ccccc1)C(O)c1ccn(S(=O)(=O)c2ccccc2)c1. The van der Waals surface area contributed by atoms with E-state index in [1.807, 2.05) is 6.07 Å². The van der Waals surface area contributed by atoms with Crippen LogP contribution in [0.5, 0.6) is 0 Å². The van der Waals surface area contributed by atoms with E-state index in [0.29, 0.717) is 0 Å². The summed E-state index contributed by atoms with van der Waals surface area (Å²) < 4.78 is 36.6. The van der Waals surface area contributed by atoms with Crippen molar-refractivity contribution in [2.24, 2.45) is 0 Å². The minimum Gasteiger partial charge on any atom is -0.464 e. The number of aromatic nitrogens is 1. The van der Waals surface area contributed by atoms with Gasteiger partial charge >= 0.3 is 12.1 Å². The highest BCUT2D eigenvalue weighted by molar-refractivity contribution is 7.90. The fourth-order valence-corrected chi connectivity index (χ4v) is 4.24. The summed E-state index contributed by atoms with van der Waals surface area (Å²) >= 11 is 0. The summed E-state index contributed by atoms with van der Waals surface area (Å²) in [6.07, 6.45) is -0.0969. The summed E-state index contributed by atoms with van der Waals surface area (Å²) in [4.78, 5) is 24.7. The van der Waals surface area contributed by atoms with Crippen LogP contribution in [0.25, 0.3) is 0 Å². The zero-order valence-electron chi connectivity index (χ0n) is 17.8. The summed E-state index contributed by atoms with van der Waals surface area (Å²) in [7, 11) is -3.89. The third-order valence-corrected chi connectivity index (χ3v) is 6.34. The lowest BCUT2D eigenvalue weighted by atomic mass is 10.1. The van der Waals surface area contributed by atoms with Crippen LogP contribution >= 0.6 is 0 Å². The summed E-state index contributed by atoms with van der Waals surface area (Å²) in [6.45, 7) is 1.56. The molecular formula is C23H24N2O7S. The van der Waals surface area contributed by atoms with Crippen molar-refractivity contribution in [1.29, 1.82) is 0 Å². The first kappa shape index (κ1) is 24.0. The molecule has 3 aromatic rings. The summed E-state index contributed by atoms with van der Waals surface area (Å²) in [5.41, 5.74) is 0.833. The van der Waals surface area contributed by atoms with Crippen LogP contribution in [0.4, 0.5) is 4.79 Å². The fourth-order valence-electron chi connectivity index (χ4n) is 3.01. The van der Waals surface area contributed by atoms with Crippen molar-refractivity contribution in [3.63, 3.8) is 0 Å². The van der Waals surface area contributed by atoms with Gasteiger partial charge in [-0.05, 0) is 30.7 Å². The molecule has 2 atom stereocenters. The number of ether oxygens (including phenoxy) is 2. The Morgan fingerprint density at radius 2 is 1.64 bits per heavy atom. The van der Waals surface area contributed by atoms with E-state index >= 15 is 0 Å². The van der Waals surface area contributed by atoms with Crippen LogP contribution in [0.15, 0.2) is 84.0 Å². The lowest BCUT2D eigenvalue weighted by Crippen LogP contribution is -2.46. The zero-order valence-corrected chi connectivity index (χ0v) is 18.6. The molecule has 0 aliphatic carbocycles. The van der Waals surface area contributed by atoms with Crippen molar-refractivity contribution in [3.8, 4) is 0 Å². The van der Waals surface area contributed by atoms with Crippen LogP contribution in [0.1, 0.15) is 24.2 Å². The Balaban J connectivity index is 1.76. The molecule has 3 rings (SSSR count).